The highest BCUT2D eigenvalue weighted by Crippen LogP contribution is 2.27. The van der Waals surface area contributed by atoms with Gasteiger partial charge in [-0.1, -0.05) is 0 Å². The van der Waals surface area contributed by atoms with E-state index in [1.807, 2.05) is 45.3 Å². The Morgan fingerprint density at radius 1 is 1.09 bits per heavy atom. The minimum absolute atomic E-state index is 0.0824. The molecular weight excluding hydrogens is 294 g/mol. The van der Waals surface area contributed by atoms with Crippen molar-refractivity contribution >= 4 is 22.8 Å². The summed E-state index contributed by atoms with van der Waals surface area (Å²) in [6, 6.07) is 7.10. The van der Waals surface area contributed by atoms with Crippen LogP contribution in [0.1, 0.15) is 61.5 Å². The normalized spacial score (nSPS) is 11.8. The number of ether oxygens (including phenoxy) is 2. The van der Waals surface area contributed by atoms with Crippen LogP contribution in [0.2, 0.25) is 0 Å². The summed E-state index contributed by atoms with van der Waals surface area (Å²) in [5, 5.41) is 0.808. The summed E-state index contributed by atoms with van der Waals surface area (Å²) in [7, 11) is 1.35. The lowest BCUT2D eigenvalue weighted by Gasteiger charge is -2.21. The predicted octanol–water partition coefficient (Wildman–Crippen LogP) is 3.96. The van der Waals surface area contributed by atoms with Gasteiger partial charge >= 0.3 is 11.9 Å². The van der Waals surface area contributed by atoms with Crippen LogP contribution in [0, 0.1) is 0 Å². The van der Waals surface area contributed by atoms with Crippen molar-refractivity contribution in [3.63, 3.8) is 0 Å². The van der Waals surface area contributed by atoms with Gasteiger partial charge in [-0.3, -0.25) is 0 Å². The first-order chi connectivity index (χ1) is 10.6. The van der Waals surface area contributed by atoms with Crippen molar-refractivity contribution in [1.82, 2.24) is 4.57 Å². The van der Waals surface area contributed by atoms with Crippen LogP contribution in [0.3, 0.4) is 0 Å². The van der Waals surface area contributed by atoms with Gasteiger partial charge in [0.1, 0.15) is 11.3 Å². The van der Waals surface area contributed by atoms with Crippen LogP contribution in [-0.2, 0) is 9.47 Å². The first-order valence-corrected chi connectivity index (χ1v) is 7.60. The Hall–Kier alpha value is -2.30. The Balaban J connectivity index is 2.58. The van der Waals surface area contributed by atoms with Gasteiger partial charge in [0, 0.05) is 16.9 Å². The number of fused-ring (bicyclic) bond motifs is 1. The molecule has 0 unspecified atom stereocenters. The first-order valence-electron chi connectivity index (χ1n) is 7.60. The number of esters is 2. The fourth-order valence-electron chi connectivity index (χ4n) is 2.52. The maximum absolute atomic E-state index is 12.5. The molecule has 0 bridgehead atoms. The Labute approximate surface area is 136 Å². The van der Waals surface area contributed by atoms with Crippen molar-refractivity contribution in [2.45, 2.75) is 46.3 Å². The quantitative estimate of drug-likeness (QED) is 0.804. The summed E-state index contributed by atoms with van der Waals surface area (Å²) in [6.45, 7) is 9.51. The van der Waals surface area contributed by atoms with Crippen molar-refractivity contribution < 1.29 is 19.1 Å². The Morgan fingerprint density at radius 3 is 2.26 bits per heavy atom. The van der Waals surface area contributed by atoms with Gasteiger partial charge in [-0.05, 0) is 58.9 Å². The molecule has 0 fully saturated rings. The van der Waals surface area contributed by atoms with E-state index in [1.54, 1.807) is 18.2 Å². The van der Waals surface area contributed by atoms with Gasteiger partial charge in [-0.2, -0.15) is 0 Å². The molecule has 0 N–H and O–H groups in total. The SMILES string of the molecule is COC(=O)c1ccc2c(c1)cc(C(=O)OC(C)(C)C)n2C(C)C. The van der Waals surface area contributed by atoms with Crippen molar-refractivity contribution in [3.05, 3.63) is 35.5 Å². The van der Waals surface area contributed by atoms with Crippen molar-refractivity contribution in [3.8, 4) is 0 Å². The number of aromatic nitrogens is 1. The number of methoxy groups -OCH3 is 1. The molecule has 0 saturated carbocycles. The van der Waals surface area contributed by atoms with E-state index in [9.17, 15) is 9.59 Å². The zero-order valence-electron chi connectivity index (χ0n) is 14.5. The number of rotatable bonds is 3. The summed E-state index contributed by atoms with van der Waals surface area (Å²) in [5.74, 6) is -0.773. The second-order valence-electron chi connectivity index (χ2n) is 6.76. The lowest BCUT2D eigenvalue weighted by Crippen LogP contribution is -2.25. The fraction of sp³-hybridized carbons (Fsp3) is 0.444. The second-order valence-corrected chi connectivity index (χ2v) is 6.76. The average molecular weight is 317 g/mol. The third kappa shape index (κ3) is 3.55. The monoisotopic (exact) mass is 317 g/mol. The van der Waals surface area contributed by atoms with Gasteiger partial charge in [-0.25, -0.2) is 9.59 Å². The van der Waals surface area contributed by atoms with Gasteiger partial charge in [0.2, 0.25) is 0 Å². The maximum atomic E-state index is 12.5. The zero-order valence-corrected chi connectivity index (χ0v) is 14.5. The standard InChI is InChI=1S/C18H23NO4/c1-11(2)19-14-8-7-12(16(20)22-6)9-13(14)10-15(19)17(21)23-18(3,4)5/h7-11H,1-6H3. The third-order valence-corrected chi connectivity index (χ3v) is 3.38. The number of carbonyl (C=O) groups excluding carboxylic acids is 2. The van der Waals surface area contributed by atoms with Crippen molar-refractivity contribution in [1.29, 1.82) is 0 Å². The van der Waals surface area contributed by atoms with E-state index in [-0.39, 0.29) is 12.0 Å². The van der Waals surface area contributed by atoms with E-state index >= 15 is 0 Å². The van der Waals surface area contributed by atoms with E-state index in [0.717, 1.165) is 10.9 Å². The van der Waals surface area contributed by atoms with Crippen molar-refractivity contribution in [2.75, 3.05) is 7.11 Å². The highest BCUT2D eigenvalue weighted by molar-refractivity contribution is 5.99. The summed E-state index contributed by atoms with van der Waals surface area (Å²) < 4.78 is 12.2. The molecular formula is C18H23NO4. The fourth-order valence-corrected chi connectivity index (χ4v) is 2.52. The average Bonchev–Trinajstić information content (AvgIpc) is 2.83. The maximum Gasteiger partial charge on any atom is 0.355 e. The lowest BCUT2D eigenvalue weighted by molar-refractivity contribution is 0.00566. The molecule has 5 nitrogen and oxygen atoms in total. The van der Waals surface area contributed by atoms with E-state index in [0.29, 0.717) is 11.3 Å². The van der Waals surface area contributed by atoms with Crippen LogP contribution in [0.15, 0.2) is 24.3 Å². The molecule has 2 rings (SSSR count). The lowest BCUT2D eigenvalue weighted by atomic mass is 10.1. The summed E-state index contributed by atoms with van der Waals surface area (Å²) in [5.41, 5.74) is 1.25. The second kappa shape index (κ2) is 6.07. The van der Waals surface area contributed by atoms with E-state index < -0.39 is 11.6 Å². The number of hydrogen-bond donors (Lipinski definition) is 0. The molecule has 23 heavy (non-hydrogen) atoms. The zero-order chi connectivity index (χ0) is 17.4. The molecule has 0 saturated heterocycles. The van der Waals surface area contributed by atoms with Gasteiger partial charge in [-0.15, -0.1) is 0 Å². The minimum Gasteiger partial charge on any atom is -0.465 e. The molecule has 0 aliphatic carbocycles. The molecule has 0 spiro atoms. The molecule has 5 heteroatoms. The summed E-state index contributed by atoms with van der Waals surface area (Å²) >= 11 is 0. The van der Waals surface area contributed by atoms with Crippen LogP contribution in [0.4, 0.5) is 0 Å². The van der Waals surface area contributed by atoms with Crippen molar-refractivity contribution in [2.24, 2.45) is 0 Å². The summed E-state index contributed by atoms with van der Waals surface area (Å²) in [4.78, 5) is 24.2. The Bertz CT molecular complexity index is 750. The molecule has 2 aromatic rings. The van der Waals surface area contributed by atoms with Gasteiger partial charge in [0.25, 0.3) is 0 Å². The Kier molecular flexibility index (Phi) is 4.50. The van der Waals surface area contributed by atoms with Crippen LogP contribution < -0.4 is 0 Å². The molecule has 124 valence electrons. The van der Waals surface area contributed by atoms with Gasteiger partial charge in [0.15, 0.2) is 0 Å². The number of benzene rings is 1. The molecule has 0 aliphatic rings. The minimum atomic E-state index is -0.563. The largest absolute Gasteiger partial charge is 0.465 e. The van der Waals surface area contributed by atoms with Gasteiger partial charge in [0.05, 0.1) is 12.7 Å². The molecule has 1 heterocycles. The van der Waals surface area contributed by atoms with Crippen LogP contribution >= 0.6 is 0 Å². The number of hydrogen-bond acceptors (Lipinski definition) is 4. The van der Waals surface area contributed by atoms with Crippen LogP contribution in [0.5, 0.6) is 0 Å². The summed E-state index contributed by atoms with van der Waals surface area (Å²) in [6.07, 6.45) is 0. The molecule has 1 aromatic carbocycles. The molecule has 1 aromatic heterocycles. The first kappa shape index (κ1) is 17.1. The molecule has 0 atom stereocenters. The predicted molar refractivity (Wildman–Crippen MR) is 88.8 cm³/mol. The molecule has 0 aliphatic heterocycles. The Morgan fingerprint density at radius 2 is 1.74 bits per heavy atom. The number of carbonyl (C=O) groups is 2. The number of nitrogens with zero attached hydrogens (tertiary/aromatic N) is 1. The van der Waals surface area contributed by atoms with Crippen LogP contribution in [-0.4, -0.2) is 29.2 Å². The van der Waals surface area contributed by atoms with Gasteiger partial charge < -0.3 is 14.0 Å². The third-order valence-electron chi connectivity index (χ3n) is 3.38. The van der Waals surface area contributed by atoms with E-state index in [4.69, 9.17) is 9.47 Å². The highest BCUT2D eigenvalue weighted by Gasteiger charge is 2.24. The van der Waals surface area contributed by atoms with E-state index in [2.05, 4.69) is 0 Å². The smallest absolute Gasteiger partial charge is 0.355 e. The topological polar surface area (TPSA) is 57.5 Å². The van der Waals surface area contributed by atoms with Crippen LogP contribution in [0.25, 0.3) is 10.9 Å². The van der Waals surface area contributed by atoms with E-state index in [1.165, 1.54) is 7.11 Å². The highest BCUT2D eigenvalue weighted by atomic mass is 16.6. The molecule has 0 amide bonds. The molecule has 0 radical (unpaired) electrons.